The van der Waals surface area contributed by atoms with Gasteiger partial charge in [0.25, 0.3) is 10.2 Å². The predicted molar refractivity (Wildman–Crippen MR) is 159 cm³/mol. The Morgan fingerprint density at radius 2 is 1.95 bits per heavy atom. The fourth-order valence-corrected chi connectivity index (χ4v) is 8.11. The normalized spacial score (nSPS) is 21.1. The third-order valence-electron chi connectivity index (χ3n) is 7.78. The second-order valence-corrected chi connectivity index (χ2v) is 13.5. The number of thiazole rings is 1. The molecule has 2 fully saturated rings. The molecule has 0 bridgehead atoms. The highest BCUT2D eigenvalue weighted by Gasteiger charge is 2.49. The topological polar surface area (TPSA) is 117 Å². The minimum absolute atomic E-state index is 0.0979. The number of halogens is 4. The van der Waals surface area contributed by atoms with Crippen LogP contribution in [0.3, 0.4) is 0 Å². The fourth-order valence-electron chi connectivity index (χ4n) is 5.72. The van der Waals surface area contributed by atoms with E-state index < -0.39 is 40.2 Å². The van der Waals surface area contributed by atoms with E-state index in [0.29, 0.717) is 50.9 Å². The van der Waals surface area contributed by atoms with Crippen LogP contribution in [0.25, 0.3) is 5.57 Å². The van der Waals surface area contributed by atoms with E-state index in [2.05, 4.69) is 24.5 Å². The average molecular weight is 661 g/mol. The number of amidine groups is 1. The van der Waals surface area contributed by atoms with Crippen molar-refractivity contribution < 1.29 is 21.6 Å². The quantitative estimate of drug-likeness (QED) is 0.260. The first-order valence-corrected chi connectivity index (χ1v) is 16.4. The summed E-state index contributed by atoms with van der Waals surface area (Å²) in [6, 6.07) is 9.24. The second kappa shape index (κ2) is 11.1. The van der Waals surface area contributed by atoms with Gasteiger partial charge in [0, 0.05) is 64.8 Å². The van der Waals surface area contributed by atoms with E-state index in [4.69, 9.17) is 16.6 Å². The standard InChI is InChI=1S/C28H24ClF3N8O2S2/c29-19-13-16(30)4-5-18(19)24-23(20-6-11-40(36-20)27(31)32)21-14-17(15-39(21)25(35-24)26-34-10-12-43-26)37-44(41,42)38-28(7-8-28)22-3-1-2-9-33-22/h1-6,9-13,17,24,27,37-38H,7-8,14-15H2/t17-,24-/m0/s1. The summed E-state index contributed by atoms with van der Waals surface area (Å²) >= 11 is 7.85. The molecular weight excluding hydrogens is 637 g/mol. The number of rotatable bonds is 9. The van der Waals surface area contributed by atoms with Gasteiger partial charge in [-0.25, -0.2) is 14.1 Å². The summed E-state index contributed by atoms with van der Waals surface area (Å²) in [5.41, 5.74) is 1.60. The summed E-state index contributed by atoms with van der Waals surface area (Å²) in [5, 5.41) is 6.57. The van der Waals surface area contributed by atoms with Crippen LogP contribution in [0.2, 0.25) is 5.02 Å². The van der Waals surface area contributed by atoms with E-state index in [1.54, 1.807) is 29.9 Å². The van der Waals surface area contributed by atoms with Crippen molar-refractivity contribution in [3.05, 3.63) is 105 Å². The van der Waals surface area contributed by atoms with E-state index in [9.17, 15) is 21.6 Å². The number of hydrogen-bond acceptors (Lipinski definition) is 8. The van der Waals surface area contributed by atoms with Gasteiger partial charge < -0.3 is 4.90 Å². The number of fused-ring (bicyclic) bond motifs is 1. The van der Waals surface area contributed by atoms with E-state index in [-0.39, 0.29) is 23.7 Å². The molecule has 1 saturated carbocycles. The van der Waals surface area contributed by atoms with Crippen molar-refractivity contribution in [2.45, 2.75) is 43.4 Å². The van der Waals surface area contributed by atoms with Gasteiger partial charge in [-0.1, -0.05) is 23.7 Å². The van der Waals surface area contributed by atoms with Crippen molar-refractivity contribution in [3.8, 4) is 0 Å². The van der Waals surface area contributed by atoms with Gasteiger partial charge in [-0.15, -0.1) is 11.3 Å². The molecule has 10 nitrogen and oxygen atoms in total. The number of benzene rings is 1. The highest BCUT2D eigenvalue weighted by molar-refractivity contribution is 7.87. The van der Waals surface area contributed by atoms with E-state index in [1.165, 1.54) is 29.5 Å². The Morgan fingerprint density at radius 3 is 2.61 bits per heavy atom. The minimum Gasteiger partial charge on any atom is -0.326 e. The first kappa shape index (κ1) is 29.1. The van der Waals surface area contributed by atoms with E-state index >= 15 is 0 Å². The minimum atomic E-state index is -4.01. The zero-order valence-electron chi connectivity index (χ0n) is 22.7. The van der Waals surface area contributed by atoms with Crippen molar-refractivity contribution in [2.75, 3.05) is 6.54 Å². The summed E-state index contributed by atoms with van der Waals surface area (Å²) in [5.74, 6) is -0.0855. The van der Waals surface area contributed by atoms with Gasteiger partial charge in [-0.3, -0.25) is 9.98 Å². The zero-order chi connectivity index (χ0) is 30.6. The Hall–Kier alpha value is -3.63. The molecule has 3 aliphatic rings. The lowest BCUT2D eigenvalue weighted by molar-refractivity contribution is 0.0564. The van der Waals surface area contributed by atoms with E-state index in [1.807, 2.05) is 11.0 Å². The second-order valence-electron chi connectivity index (χ2n) is 10.7. The first-order valence-electron chi connectivity index (χ1n) is 13.6. The first-order chi connectivity index (χ1) is 21.1. The Morgan fingerprint density at radius 1 is 1.11 bits per heavy atom. The Kier molecular flexibility index (Phi) is 7.32. The van der Waals surface area contributed by atoms with Crippen LogP contribution in [-0.4, -0.2) is 51.5 Å². The molecule has 2 N–H and O–H groups in total. The van der Waals surface area contributed by atoms with Gasteiger partial charge >= 0.3 is 6.55 Å². The molecule has 3 aromatic heterocycles. The Balaban J connectivity index is 1.29. The molecule has 2 atom stereocenters. The van der Waals surface area contributed by atoms with Gasteiger partial charge in [0.1, 0.15) is 11.9 Å². The molecule has 16 heteroatoms. The molecule has 0 radical (unpaired) electrons. The highest BCUT2D eigenvalue weighted by Crippen LogP contribution is 2.47. The molecule has 1 aromatic carbocycles. The Labute approximate surface area is 259 Å². The molecule has 44 heavy (non-hydrogen) atoms. The molecule has 5 heterocycles. The van der Waals surface area contributed by atoms with Crippen LogP contribution in [0.15, 0.2) is 77.1 Å². The molecule has 1 saturated heterocycles. The van der Waals surface area contributed by atoms with Crippen LogP contribution in [0.1, 0.15) is 53.8 Å². The molecule has 1 aliphatic carbocycles. The van der Waals surface area contributed by atoms with Crippen LogP contribution in [-0.2, 0) is 15.7 Å². The molecule has 228 valence electrons. The maximum Gasteiger partial charge on any atom is 0.333 e. The van der Waals surface area contributed by atoms with Crippen molar-refractivity contribution in [2.24, 2.45) is 4.99 Å². The number of hydrogen-bond donors (Lipinski definition) is 2. The summed E-state index contributed by atoms with van der Waals surface area (Å²) in [6.45, 7) is -2.69. The summed E-state index contributed by atoms with van der Waals surface area (Å²) in [6.07, 6.45) is 5.83. The van der Waals surface area contributed by atoms with Crippen molar-refractivity contribution in [3.63, 3.8) is 0 Å². The summed E-state index contributed by atoms with van der Waals surface area (Å²) < 4.78 is 74.2. The average Bonchev–Trinajstić information content (AvgIpc) is 3.39. The molecule has 0 amide bonds. The van der Waals surface area contributed by atoms with Crippen molar-refractivity contribution in [1.82, 2.24) is 34.1 Å². The number of aliphatic imine (C=N–C) groups is 1. The van der Waals surface area contributed by atoms with Crippen LogP contribution in [0.4, 0.5) is 13.2 Å². The predicted octanol–water partition coefficient (Wildman–Crippen LogP) is 5.02. The lowest BCUT2D eigenvalue weighted by Crippen LogP contribution is -2.48. The molecule has 2 aliphatic heterocycles. The lowest BCUT2D eigenvalue weighted by Gasteiger charge is -2.32. The third-order valence-corrected chi connectivity index (χ3v) is 10.2. The van der Waals surface area contributed by atoms with Crippen molar-refractivity contribution in [1.29, 1.82) is 0 Å². The zero-order valence-corrected chi connectivity index (χ0v) is 25.1. The highest BCUT2D eigenvalue weighted by atomic mass is 35.5. The molecule has 0 spiro atoms. The Bertz CT molecular complexity index is 1880. The number of nitrogens with one attached hydrogen (secondary N) is 2. The van der Waals surface area contributed by atoms with Gasteiger partial charge in [-0.05, 0) is 43.2 Å². The molecule has 7 rings (SSSR count). The fraction of sp³-hybridized carbons (Fsp3) is 0.286. The molecule has 0 unspecified atom stereocenters. The SMILES string of the molecule is O=S(=O)(N[C@H]1CC2=C(c3ccn(C(F)F)n3)[C@H](c3ccc(F)cc3Cl)N=C(c3nccs3)N2C1)NC1(c2ccccn2)CC1. The summed E-state index contributed by atoms with van der Waals surface area (Å²) in [7, 11) is -4.01. The monoisotopic (exact) mass is 660 g/mol. The van der Waals surface area contributed by atoms with Gasteiger partial charge in [0.05, 0.1) is 16.9 Å². The number of alkyl halides is 2. The van der Waals surface area contributed by atoms with Crippen LogP contribution < -0.4 is 9.44 Å². The summed E-state index contributed by atoms with van der Waals surface area (Å²) in [4.78, 5) is 15.6. The molecular formula is C28H24ClF3N8O2S2. The number of nitrogens with zero attached hydrogens (tertiary/aromatic N) is 6. The third kappa shape index (κ3) is 5.43. The molecule has 4 aromatic rings. The van der Waals surface area contributed by atoms with Gasteiger partial charge in [0.2, 0.25) is 0 Å². The van der Waals surface area contributed by atoms with Gasteiger partial charge in [0.15, 0.2) is 10.8 Å². The van der Waals surface area contributed by atoms with Crippen LogP contribution in [0, 0.1) is 5.82 Å². The lowest BCUT2D eigenvalue weighted by atomic mass is 9.92. The maximum absolute atomic E-state index is 14.1. The van der Waals surface area contributed by atoms with Gasteiger partial charge in [-0.2, -0.15) is 31.7 Å². The van der Waals surface area contributed by atoms with E-state index in [0.717, 1.165) is 12.3 Å². The maximum atomic E-state index is 14.1. The largest absolute Gasteiger partial charge is 0.333 e. The smallest absolute Gasteiger partial charge is 0.326 e. The number of aromatic nitrogens is 4. The van der Waals surface area contributed by atoms with Crippen LogP contribution >= 0.6 is 22.9 Å². The van der Waals surface area contributed by atoms with Crippen LogP contribution in [0.5, 0.6) is 0 Å². The van der Waals surface area contributed by atoms with Crippen molar-refractivity contribution >= 4 is 44.6 Å². The number of pyridine rings is 1.